The second kappa shape index (κ2) is 8.10. The van der Waals surface area contributed by atoms with E-state index in [-0.39, 0.29) is 18.2 Å². The molecule has 162 valence electrons. The first-order valence-electron chi connectivity index (χ1n) is 10.4. The molecule has 5 rings (SSSR count). The quantitative estimate of drug-likeness (QED) is 0.316. The standard InChI is InChI=1S/C26H21BrFNO3/c1-15-20-11-18-13-29(23-9-8-19(27)12-22(23)28)14-31-24(18)16(2)25(20)32-26(30)21(15)10-17-6-4-3-5-7-17/h3-9,11-12H,10,13-14H2,1-2H3. The van der Waals surface area contributed by atoms with Crippen LogP contribution in [0.15, 0.2) is 68.3 Å². The minimum absolute atomic E-state index is 0.215. The molecule has 2 heterocycles. The van der Waals surface area contributed by atoms with Crippen LogP contribution in [0.25, 0.3) is 11.0 Å². The molecule has 0 unspecified atom stereocenters. The molecule has 1 aliphatic rings. The van der Waals surface area contributed by atoms with Gasteiger partial charge in [-0.25, -0.2) is 9.18 Å². The van der Waals surface area contributed by atoms with Gasteiger partial charge in [0.25, 0.3) is 0 Å². The van der Waals surface area contributed by atoms with Crippen LogP contribution in [0.2, 0.25) is 0 Å². The van der Waals surface area contributed by atoms with Crippen LogP contribution in [0.4, 0.5) is 10.1 Å². The summed E-state index contributed by atoms with van der Waals surface area (Å²) in [5, 5.41) is 0.883. The third-order valence-electron chi connectivity index (χ3n) is 6.03. The number of hydrogen-bond acceptors (Lipinski definition) is 4. The van der Waals surface area contributed by atoms with Crippen molar-refractivity contribution >= 4 is 32.6 Å². The van der Waals surface area contributed by atoms with Gasteiger partial charge >= 0.3 is 5.63 Å². The normalized spacial score (nSPS) is 13.2. The number of aryl methyl sites for hydroxylation is 2. The minimum atomic E-state index is -0.323. The molecule has 4 nitrogen and oxygen atoms in total. The van der Waals surface area contributed by atoms with Crippen molar-refractivity contribution in [3.63, 3.8) is 0 Å². The lowest BCUT2D eigenvalue weighted by atomic mass is 9.96. The highest BCUT2D eigenvalue weighted by Crippen LogP contribution is 2.38. The number of hydrogen-bond donors (Lipinski definition) is 0. The average molecular weight is 494 g/mol. The molecule has 32 heavy (non-hydrogen) atoms. The van der Waals surface area contributed by atoms with Gasteiger partial charge in [0.2, 0.25) is 0 Å². The number of halogens is 2. The van der Waals surface area contributed by atoms with Gasteiger partial charge in [-0.2, -0.15) is 0 Å². The highest BCUT2D eigenvalue weighted by molar-refractivity contribution is 9.10. The second-order valence-electron chi connectivity index (χ2n) is 8.09. The first-order valence-corrected chi connectivity index (χ1v) is 11.2. The van der Waals surface area contributed by atoms with Crippen LogP contribution in [0.3, 0.4) is 0 Å². The maximum Gasteiger partial charge on any atom is 0.340 e. The van der Waals surface area contributed by atoms with E-state index in [1.807, 2.05) is 61.2 Å². The minimum Gasteiger partial charge on any atom is -0.472 e. The van der Waals surface area contributed by atoms with E-state index in [4.69, 9.17) is 9.15 Å². The molecule has 0 saturated heterocycles. The van der Waals surface area contributed by atoms with E-state index in [0.717, 1.165) is 27.6 Å². The predicted molar refractivity (Wildman–Crippen MR) is 127 cm³/mol. The van der Waals surface area contributed by atoms with Crippen molar-refractivity contribution in [3.8, 4) is 5.75 Å². The molecule has 0 N–H and O–H groups in total. The van der Waals surface area contributed by atoms with Crippen molar-refractivity contribution in [2.24, 2.45) is 0 Å². The molecule has 0 fully saturated rings. The molecule has 0 radical (unpaired) electrons. The lowest BCUT2D eigenvalue weighted by molar-refractivity contribution is 0.286. The summed E-state index contributed by atoms with van der Waals surface area (Å²) in [6.45, 7) is 4.57. The first-order chi connectivity index (χ1) is 15.4. The molecule has 0 saturated carbocycles. The lowest BCUT2D eigenvalue weighted by Crippen LogP contribution is -2.33. The van der Waals surface area contributed by atoms with Gasteiger partial charge in [-0.05, 0) is 49.2 Å². The van der Waals surface area contributed by atoms with Crippen molar-refractivity contribution in [2.75, 3.05) is 11.6 Å². The van der Waals surface area contributed by atoms with Crippen LogP contribution in [-0.2, 0) is 13.0 Å². The average Bonchev–Trinajstić information content (AvgIpc) is 2.78. The Bertz CT molecular complexity index is 1400. The Morgan fingerprint density at radius 3 is 2.59 bits per heavy atom. The largest absolute Gasteiger partial charge is 0.472 e. The summed E-state index contributed by atoms with van der Waals surface area (Å²) in [6, 6.07) is 16.9. The first kappa shape index (κ1) is 20.8. The van der Waals surface area contributed by atoms with Gasteiger partial charge in [0, 0.05) is 39.5 Å². The Hall–Kier alpha value is -3.12. The van der Waals surface area contributed by atoms with Gasteiger partial charge in [-0.15, -0.1) is 0 Å². The van der Waals surface area contributed by atoms with Crippen LogP contribution < -0.4 is 15.3 Å². The zero-order valence-electron chi connectivity index (χ0n) is 17.7. The van der Waals surface area contributed by atoms with Crippen molar-refractivity contribution in [1.82, 2.24) is 0 Å². The molecule has 0 amide bonds. The zero-order valence-corrected chi connectivity index (χ0v) is 19.3. The molecule has 0 spiro atoms. The third kappa shape index (κ3) is 3.58. The van der Waals surface area contributed by atoms with Crippen LogP contribution >= 0.6 is 15.9 Å². The Morgan fingerprint density at radius 2 is 1.84 bits per heavy atom. The lowest BCUT2D eigenvalue weighted by Gasteiger charge is -2.32. The fourth-order valence-electron chi connectivity index (χ4n) is 4.34. The van der Waals surface area contributed by atoms with Crippen molar-refractivity contribution in [2.45, 2.75) is 26.8 Å². The molecule has 4 aromatic rings. The number of fused-ring (bicyclic) bond motifs is 2. The van der Waals surface area contributed by atoms with Crippen LogP contribution in [0.5, 0.6) is 5.75 Å². The smallest absolute Gasteiger partial charge is 0.340 e. The Kier molecular flexibility index (Phi) is 5.25. The molecule has 0 bridgehead atoms. The second-order valence-corrected chi connectivity index (χ2v) is 9.00. The van der Waals surface area contributed by atoms with Crippen LogP contribution in [0, 0.1) is 19.7 Å². The molecular formula is C26H21BrFNO3. The summed E-state index contributed by atoms with van der Waals surface area (Å²) in [5.74, 6) is 0.390. The predicted octanol–water partition coefficient (Wildman–Crippen LogP) is 6.26. The van der Waals surface area contributed by atoms with Gasteiger partial charge in [-0.3, -0.25) is 0 Å². The molecule has 1 aliphatic heterocycles. The number of anilines is 1. The van der Waals surface area contributed by atoms with Crippen molar-refractivity contribution < 1.29 is 13.5 Å². The molecule has 1 aromatic heterocycles. The van der Waals surface area contributed by atoms with Gasteiger partial charge in [-0.1, -0.05) is 46.3 Å². The SMILES string of the molecule is Cc1c(Cc2ccccc2)c(=O)oc2c(C)c3c(cc12)CN(c1ccc(Br)cc1F)CO3. The summed E-state index contributed by atoms with van der Waals surface area (Å²) < 4.78 is 27.0. The number of rotatable bonds is 3. The Labute approximate surface area is 193 Å². The highest BCUT2D eigenvalue weighted by Gasteiger charge is 2.25. The summed E-state index contributed by atoms with van der Waals surface area (Å²) in [5.41, 5.74) is 5.04. The molecule has 0 atom stereocenters. The van der Waals surface area contributed by atoms with E-state index in [1.165, 1.54) is 6.07 Å². The molecule has 6 heteroatoms. The van der Waals surface area contributed by atoms with Crippen molar-refractivity contribution in [1.29, 1.82) is 0 Å². The van der Waals surface area contributed by atoms with E-state index in [9.17, 15) is 9.18 Å². The Balaban J connectivity index is 1.59. The maximum absolute atomic E-state index is 14.5. The van der Waals surface area contributed by atoms with Crippen LogP contribution in [0.1, 0.15) is 27.8 Å². The van der Waals surface area contributed by atoms with Gasteiger partial charge in [0.1, 0.15) is 17.1 Å². The van der Waals surface area contributed by atoms with Gasteiger partial charge in [0.15, 0.2) is 6.73 Å². The molecule has 0 aliphatic carbocycles. The number of benzene rings is 3. The summed E-state index contributed by atoms with van der Waals surface area (Å²) >= 11 is 3.30. The van der Waals surface area contributed by atoms with E-state index in [1.54, 1.807) is 6.07 Å². The third-order valence-corrected chi connectivity index (χ3v) is 6.53. The van der Waals surface area contributed by atoms with Gasteiger partial charge < -0.3 is 14.1 Å². The van der Waals surface area contributed by atoms with Crippen molar-refractivity contribution in [3.05, 3.63) is 103 Å². The maximum atomic E-state index is 14.5. The molecule has 3 aromatic carbocycles. The van der Waals surface area contributed by atoms with E-state index < -0.39 is 0 Å². The van der Waals surface area contributed by atoms with E-state index in [0.29, 0.717) is 40.0 Å². The van der Waals surface area contributed by atoms with E-state index in [2.05, 4.69) is 15.9 Å². The zero-order chi connectivity index (χ0) is 22.4. The van der Waals surface area contributed by atoms with Gasteiger partial charge in [0.05, 0.1) is 5.69 Å². The number of ether oxygens (including phenoxy) is 1. The topological polar surface area (TPSA) is 42.7 Å². The summed E-state index contributed by atoms with van der Waals surface area (Å²) in [6.07, 6.45) is 0.508. The fourth-order valence-corrected chi connectivity index (χ4v) is 4.67. The highest BCUT2D eigenvalue weighted by atomic mass is 79.9. The number of nitrogens with zero attached hydrogens (tertiary/aromatic N) is 1. The fraction of sp³-hybridized carbons (Fsp3) is 0.192. The Morgan fingerprint density at radius 1 is 1.06 bits per heavy atom. The van der Waals surface area contributed by atoms with Crippen LogP contribution in [-0.4, -0.2) is 6.73 Å². The monoisotopic (exact) mass is 493 g/mol. The summed E-state index contributed by atoms with van der Waals surface area (Å²) in [4.78, 5) is 14.7. The summed E-state index contributed by atoms with van der Waals surface area (Å²) in [7, 11) is 0. The molecular weight excluding hydrogens is 473 g/mol. The van der Waals surface area contributed by atoms with E-state index >= 15 is 0 Å².